The Morgan fingerprint density at radius 3 is 2.46 bits per heavy atom. The van der Waals surface area contributed by atoms with E-state index in [1.165, 1.54) is 0 Å². The van der Waals surface area contributed by atoms with Gasteiger partial charge in [-0.3, -0.25) is 10.3 Å². The monoisotopic (exact) mass is 420 g/mol. The van der Waals surface area contributed by atoms with Gasteiger partial charge in [0.25, 0.3) is 0 Å². The molecular weight excluding hydrogens is 396 g/mol. The standard InChI is InChI=1S/C19H25ClN6OS/c1-11(2)10-21-17(25-18-22-12(3)8-13(4)23-18)26-19(28)24-15-9-14(20)6-7-16(15)27-5/h6-9,11H,10H2,1-5H3,(H3,21,22,23,24,25,26,28). The number of hydrogen-bond acceptors (Lipinski definition) is 5. The van der Waals surface area contributed by atoms with E-state index in [1.807, 2.05) is 19.9 Å². The summed E-state index contributed by atoms with van der Waals surface area (Å²) in [6.45, 7) is 8.61. The van der Waals surface area contributed by atoms with Crippen molar-refractivity contribution in [2.24, 2.45) is 10.9 Å². The third-order valence-electron chi connectivity index (χ3n) is 3.47. The van der Waals surface area contributed by atoms with Crippen LogP contribution in [0.4, 0.5) is 11.6 Å². The van der Waals surface area contributed by atoms with Crippen molar-refractivity contribution >= 4 is 46.5 Å². The molecular formula is C19H25ClN6OS. The number of halogens is 1. The number of aliphatic imine (C=N–C) groups is 1. The number of methoxy groups -OCH3 is 1. The van der Waals surface area contributed by atoms with Crippen molar-refractivity contribution in [3.63, 3.8) is 0 Å². The van der Waals surface area contributed by atoms with Crippen LogP contribution in [0.25, 0.3) is 0 Å². The molecule has 1 heterocycles. The maximum Gasteiger partial charge on any atom is 0.229 e. The minimum atomic E-state index is 0.333. The summed E-state index contributed by atoms with van der Waals surface area (Å²) in [5, 5.41) is 10.1. The lowest BCUT2D eigenvalue weighted by atomic mass is 10.2. The molecule has 150 valence electrons. The number of thiocarbonyl (C=S) groups is 1. The fourth-order valence-corrected chi connectivity index (χ4v) is 2.69. The number of guanidine groups is 1. The van der Waals surface area contributed by atoms with Crippen LogP contribution in [-0.2, 0) is 0 Å². The largest absolute Gasteiger partial charge is 0.495 e. The summed E-state index contributed by atoms with van der Waals surface area (Å²) < 4.78 is 5.33. The number of rotatable bonds is 5. The lowest BCUT2D eigenvalue weighted by Crippen LogP contribution is -2.39. The number of benzene rings is 1. The molecule has 0 saturated carbocycles. The highest BCUT2D eigenvalue weighted by molar-refractivity contribution is 7.80. The second-order valence-electron chi connectivity index (χ2n) is 6.61. The highest BCUT2D eigenvalue weighted by Crippen LogP contribution is 2.27. The first kappa shape index (κ1) is 21.8. The van der Waals surface area contributed by atoms with Gasteiger partial charge in [-0.2, -0.15) is 0 Å². The van der Waals surface area contributed by atoms with E-state index in [-0.39, 0.29) is 0 Å². The van der Waals surface area contributed by atoms with E-state index in [9.17, 15) is 0 Å². The van der Waals surface area contributed by atoms with Crippen LogP contribution in [0, 0.1) is 19.8 Å². The first-order valence-corrected chi connectivity index (χ1v) is 9.60. The number of anilines is 2. The number of hydrogen-bond donors (Lipinski definition) is 3. The van der Waals surface area contributed by atoms with Crippen LogP contribution >= 0.6 is 23.8 Å². The summed E-state index contributed by atoms with van der Waals surface area (Å²) in [5.41, 5.74) is 2.38. The highest BCUT2D eigenvalue weighted by Gasteiger charge is 2.10. The van der Waals surface area contributed by atoms with Crippen LogP contribution in [-0.4, -0.2) is 34.7 Å². The maximum atomic E-state index is 6.07. The first-order chi connectivity index (χ1) is 13.3. The van der Waals surface area contributed by atoms with E-state index < -0.39 is 0 Å². The van der Waals surface area contributed by atoms with E-state index in [1.54, 1.807) is 25.3 Å². The Morgan fingerprint density at radius 2 is 1.86 bits per heavy atom. The smallest absolute Gasteiger partial charge is 0.229 e. The van der Waals surface area contributed by atoms with Crippen LogP contribution in [0.3, 0.4) is 0 Å². The molecule has 0 aliphatic carbocycles. The first-order valence-electron chi connectivity index (χ1n) is 8.82. The fraction of sp³-hybridized carbons (Fsp3) is 0.368. The van der Waals surface area contributed by atoms with Gasteiger partial charge in [-0.15, -0.1) is 0 Å². The molecule has 0 amide bonds. The van der Waals surface area contributed by atoms with Gasteiger partial charge in [-0.05, 0) is 56.2 Å². The summed E-state index contributed by atoms with van der Waals surface area (Å²) in [6.07, 6.45) is 0. The third-order valence-corrected chi connectivity index (χ3v) is 3.91. The third kappa shape index (κ3) is 6.94. The quantitative estimate of drug-likeness (QED) is 0.380. The molecule has 0 aliphatic rings. The lowest BCUT2D eigenvalue weighted by Gasteiger charge is -2.16. The van der Waals surface area contributed by atoms with E-state index in [0.29, 0.717) is 45.9 Å². The minimum absolute atomic E-state index is 0.333. The Labute approximate surface area is 176 Å². The number of nitrogens with one attached hydrogen (secondary N) is 3. The Hall–Kier alpha value is -2.45. The van der Waals surface area contributed by atoms with Crippen molar-refractivity contribution in [2.75, 3.05) is 24.3 Å². The van der Waals surface area contributed by atoms with Crippen LogP contribution in [0.15, 0.2) is 29.3 Å². The number of aryl methyl sites for hydroxylation is 2. The number of nitrogens with zero attached hydrogens (tertiary/aromatic N) is 3. The van der Waals surface area contributed by atoms with Crippen LogP contribution in [0.2, 0.25) is 5.02 Å². The summed E-state index contributed by atoms with van der Waals surface area (Å²) >= 11 is 11.5. The average molecular weight is 421 g/mol. The molecule has 0 aliphatic heterocycles. The van der Waals surface area contributed by atoms with Crippen molar-refractivity contribution in [1.82, 2.24) is 15.3 Å². The maximum absolute atomic E-state index is 6.07. The van der Waals surface area contributed by atoms with Crippen LogP contribution in [0.5, 0.6) is 5.75 Å². The molecule has 2 aromatic rings. The zero-order valence-corrected chi connectivity index (χ0v) is 18.2. The molecule has 1 aromatic carbocycles. The predicted octanol–water partition coefficient (Wildman–Crippen LogP) is 4.17. The summed E-state index contributed by atoms with van der Waals surface area (Å²) in [4.78, 5) is 13.3. The average Bonchev–Trinajstić information content (AvgIpc) is 2.59. The Bertz CT molecular complexity index is 851. The fourth-order valence-electron chi connectivity index (χ4n) is 2.31. The van der Waals surface area contributed by atoms with Gasteiger partial charge in [-0.1, -0.05) is 25.4 Å². The Balaban J connectivity index is 2.16. The van der Waals surface area contributed by atoms with Crippen molar-refractivity contribution in [1.29, 1.82) is 0 Å². The zero-order chi connectivity index (χ0) is 20.7. The molecule has 0 radical (unpaired) electrons. The van der Waals surface area contributed by atoms with E-state index in [0.717, 1.165) is 11.4 Å². The van der Waals surface area contributed by atoms with E-state index >= 15 is 0 Å². The molecule has 7 nitrogen and oxygen atoms in total. The zero-order valence-electron chi connectivity index (χ0n) is 16.6. The van der Waals surface area contributed by atoms with E-state index in [2.05, 4.69) is 44.8 Å². The normalized spacial score (nSPS) is 11.3. The van der Waals surface area contributed by atoms with Gasteiger partial charge in [0.2, 0.25) is 11.9 Å². The summed E-state index contributed by atoms with van der Waals surface area (Å²) in [5.74, 6) is 1.92. The molecule has 28 heavy (non-hydrogen) atoms. The molecule has 0 atom stereocenters. The van der Waals surface area contributed by atoms with Crippen molar-refractivity contribution < 1.29 is 4.74 Å². The predicted molar refractivity (Wildman–Crippen MR) is 120 cm³/mol. The second-order valence-corrected chi connectivity index (χ2v) is 7.45. The second kappa shape index (κ2) is 10.2. The van der Waals surface area contributed by atoms with Crippen molar-refractivity contribution in [3.8, 4) is 5.75 Å². The van der Waals surface area contributed by atoms with Gasteiger partial charge in [0.1, 0.15) is 5.75 Å². The van der Waals surface area contributed by atoms with Gasteiger partial charge in [0.15, 0.2) is 5.11 Å². The molecule has 0 bridgehead atoms. The molecule has 2 rings (SSSR count). The van der Waals surface area contributed by atoms with Crippen LogP contribution < -0.4 is 20.7 Å². The summed E-state index contributed by atoms with van der Waals surface area (Å²) in [6, 6.07) is 7.15. The van der Waals surface area contributed by atoms with Gasteiger partial charge in [-0.25, -0.2) is 9.97 Å². The van der Waals surface area contributed by atoms with Crippen molar-refractivity contribution in [2.45, 2.75) is 27.7 Å². The topological polar surface area (TPSA) is 83.5 Å². The van der Waals surface area contributed by atoms with Gasteiger partial charge in [0, 0.05) is 23.0 Å². The highest BCUT2D eigenvalue weighted by atomic mass is 35.5. The number of ether oxygens (including phenoxy) is 1. The number of aromatic nitrogens is 2. The SMILES string of the molecule is COc1ccc(Cl)cc1NC(=S)NC(=NCC(C)C)Nc1nc(C)cc(C)n1. The van der Waals surface area contributed by atoms with Gasteiger partial charge in [0.05, 0.1) is 12.8 Å². The molecule has 0 saturated heterocycles. The molecule has 9 heteroatoms. The van der Waals surface area contributed by atoms with E-state index in [4.69, 9.17) is 28.6 Å². The molecule has 3 N–H and O–H groups in total. The Kier molecular flexibility index (Phi) is 7.95. The minimum Gasteiger partial charge on any atom is -0.495 e. The summed E-state index contributed by atoms with van der Waals surface area (Å²) in [7, 11) is 1.58. The molecule has 0 unspecified atom stereocenters. The van der Waals surface area contributed by atoms with Crippen LogP contribution in [0.1, 0.15) is 25.2 Å². The van der Waals surface area contributed by atoms with Gasteiger partial charge >= 0.3 is 0 Å². The Morgan fingerprint density at radius 1 is 1.18 bits per heavy atom. The molecule has 0 fully saturated rings. The molecule has 1 aromatic heterocycles. The molecule has 0 spiro atoms. The van der Waals surface area contributed by atoms with Gasteiger partial charge < -0.3 is 15.4 Å². The lowest BCUT2D eigenvalue weighted by molar-refractivity contribution is 0.417. The van der Waals surface area contributed by atoms with Crippen molar-refractivity contribution in [3.05, 3.63) is 40.7 Å².